The van der Waals surface area contributed by atoms with E-state index in [1.54, 1.807) is 48.5 Å². The quantitative estimate of drug-likeness (QED) is 0.422. The Hall–Kier alpha value is -4.05. The third kappa shape index (κ3) is 4.92. The summed E-state index contributed by atoms with van der Waals surface area (Å²) in [4.78, 5) is 22.3. The Morgan fingerprint density at radius 2 is 2.11 bits per heavy atom. The Balaban J connectivity index is 1.42. The van der Waals surface area contributed by atoms with Crippen LogP contribution in [0.2, 0.25) is 0 Å². The second kappa shape index (κ2) is 9.67. The number of benzene rings is 1. The van der Waals surface area contributed by atoms with Crippen molar-refractivity contribution in [2.24, 2.45) is 7.05 Å². The average molecular weight is 477 g/mol. The number of nitrogens with zero attached hydrogens (tertiary/aromatic N) is 4. The Morgan fingerprint density at radius 3 is 2.83 bits per heavy atom. The lowest BCUT2D eigenvalue weighted by atomic mass is 10.0. The lowest BCUT2D eigenvalue weighted by molar-refractivity contribution is 0.0938. The molecule has 180 valence electrons. The molecule has 1 aromatic carbocycles. The highest BCUT2D eigenvalue weighted by Crippen LogP contribution is 2.27. The summed E-state index contributed by atoms with van der Waals surface area (Å²) in [6.45, 7) is 1.36. The number of rotatable bonds is 7. The number of aryl methyl sites for hydroxylation is 1. The third-order valence-electron chi connectivity index (χ3n) is 5.93. The van der Waals surface area contributed by atoms with Crippen LogP contribution in [-0.4, -0.2) is 52.0 Å². The number of fused-ring (bicyclic) bond motifs is 1. The molecule has 35 heavy (non-hydrogen) atoms. The van der Waals surface area contributed by atoms with Crippen LogP contribution in [0.1, 0.15) is 34.1 Å². The minimum atomic E-state index is -0.633. The summed E-state index contributed by atoms with van der Waals surface area (Å²) in [6.07, 6.45) is 6.05. The van der Waals surface area contributed by atoms with Crippen LogP contribution in [0.4, 0.5) is 10.2 Å². The molecule has 5 rings (SSSR count). The van der Waals surface area contributed by atoms with Crippen molar-refractivity contribution < 1.29 is 18.7 Å². The first-order valence-corrected chi connectivity index (χ1v) is 11.2. The maximum absolute atomic E-state index is 14.5. The molecule has 9 nitrogen and oxygen atoms in total. The molecule has 2 N–H and O–H groups in total. The zero-order chi connectivity index (χ0) is 24.4. The van der Waals surface area contributed by atoms with Gasteiger partial charge in [-0.2, -0.15) is 5.10 Å². The first-order valence-electron chi connectivity index (χ1n) is 11.2. The number of carbonyl (C=O) groups is 1. The van der Waals surface area contributed by atoms with Gasteiger partial charge in [0, 0.05) is 43.1 Å². The van der Waals surface area contributed by atoms with E-state index in [1.807, 2.05) is 6.07 Å². The van der Waals surface area contributed by atoms with Gasteiger partial charge in [-0.1, -0.05) is 6.07 Å². The van der Waals surface area contributed by atoms with Crippen molar-refractivity contribution in [2.45, 2.75) is 18.5 Å². The molecule has 1 fully saturated rings. The molecule has 2 unspecified atom stereocenters. The van der Waals surface area contributed by atoms with Crippen LogP contribution in [0.25, 0.3) is 10.9 Å². The molecule has 4 aromatic rings. The van der Waals surface area contributed by atoms with Crippen molar-refractivity contribution in [1.29, 1.82) is 0 Å². The maximum atomic E-state index is 14.5. The zero-order valence-corrected chi connectivity index (χ0v) is 19.4. The Kier molecular flexibility index (Phi) is 6.28. The van der Waals surface area contributed by atoms with E-state index < -0.39 is 17.8 Å². The molecular weight excluding hydrogens is 451 g/mol. The minimum absolute atomic E-state index is 0.128. The molecule has 0 radical (unpaired) electrons. The van der Waals surface area contributed by atoms with Crippen molar-refractivity contribution in [3.05, 3.63) is 77.6 Å². The summed E-state index contributed by atoms with van der Waals surface area (Å²) in [5.41, 5.74) is 2.14. The monoisotopic (exact) mass is 476 g/mol. The number of aromatic nitrogens is 4. The number of nitrogens with one attached hydrogen (secondary N) is 2. The number of hydrogen-bond acceptors (Lipinski definition) is 7. The number of anilines is 1. The molecule has 3 aromatic heterocycles. The molecule has 0 bridgehead atoms. The zero-order valence-electron chi connectivity index (χ0n) is 19.4. The molecule has 1 amide bonds. The van der Waals surface area contributed by atoms with Gasteiger partial charge in [0.15, 0.2) is 11.6 Å². The summed E-state index contributed by atoms with van der Waals surface area (Å²) in [5, 5.41) is 11.3. The van der Waals surface area contributed by atoms with E-state index >= 15 is 0 Å². The Morgan fingerprint density at radius 1 is 1.23 bits per heavy atom. The SMILES string of the molecule is COc1ccc(C(NC(=O)c2ccc3cnc(NC4CCOC4)cc3n2)c2cnn(C)c2)cc1F. The van der Waals surface area contributed by atoms with E-state index in [0.717, 1.165) is 18.4 Å². The Labute approximate surface area is 201 Å². The van der Waals surface area contributed by atoms with E-state index in [4.69, 9.17) is 9.47 Å². The smallest absolute Gasteiger partial charge is 0.270 e. The molecule has 2 atom stereocenters. The highest BCUT2D eigenvalue weighted by atomic mass is 19.1. The van der Waals surface area contributed by atoms with Gasteiger partial charge in [0.05, 0.1) is 37.5 Å². The third-order valence-corrected chi connectivity index (χ3v) is 5.93. The number of carbonyl (C=O) groups excluding carboxylic acids is 1. The summed E-state index contributed by atoms with van der Waals surface area (Å²) in [5.74, 6) is -0.104. The van der Waals surface area contributed by atoms with Crippen LogP contribution < -0.4 is 15.4 Å². The molecule has 4 heterocycles. The largest absolute Gasteiger partial charge is 0.494 e. The van der Waals surface area contributed by atoms with Crippen LogP contribution in [0, 0.1) is 5.82 Å². The van der Waals surface area contributed by atoms with Gasteiger partial charge in [-0.15, -0.1) is 0 Å². The van der Waals surface area contributed by atoms with Gasteiger partial charge in [0.2, 0.25) is 0 Å². The van der Waals surface area contributed by atoms with Crippen molar-refractivity contribution in [1.82, 2.24) is 25.1 Å². The summed E-state index contributed by atoms with van der Waals surface area (Å²) in [6, 6.07) is 9.44. The first kappa shape index (κ1) is 22.7. The predicted octanol–water partition coefficient (Wildman–Crippen LogP) is 3.23. The van der Waals surface area contributed by atoms with Gasteiger partial charge in [0.25, 0.3) is 5.91 Å². The average Bonchev–Trinajstić information content (AvgIpc) is 3.53. The summed E-state index contributed by atoms with van der Waals surface area (Å²) in [7, 11) is 3.18. The van der Waals surface area contributed by atoms with E-state index in [9.17, 15) is 9.18 Å². The standard InChI is InChI=1S/C25H25FN6O3/c1-32-13-17(12-28-32)24(15-4-6-22(34-2)19(26)9-15)31-25(33)20-5-3-16-11-27-23(10-21(16)30-20)29-18-7-8-35-14-18/h3-6,9-13,18,24H,7-8,14H2,1-2H3,(H,27,29)(H,31,33). The normalized spacial score (nSPS) is 16.3. The fourth-order valence-electron chi connectivity index (χ4n) is 4.09. The van der Waals surface area contributed by atoms with Crippen LogP contribution in [0.15, 0.2) is 55.0 Å². The second-order valence-electron chi connectivity index (χ2n) is 8.41. The lowest BCUT2D eigenvalue weighted by Crippen LogP contribution is -2.30. The molecule has 0 spiro atoms. The minimum Gasteiger partial charge on any atom is -0.494 e. The number of ether oxygens (including phenoxy) is 2. The maximum Gasteiger partial charge on any atom is 0.270 e. The van der Waals surface area contributed by atoms with Crippen molar-refractivity contribution in [3.8, 4) is 5.75 Å². The first-order chi connectivity index (χ1) is 17.0. The topological polar surface area (TPSA) is 103 Å². The number of amides is 1. The Bertz CT molecular complexity index is 1370. The van der Waals surface area contributed by atoms with Gasteiger partial charge < -0.3 is 20.1 Å². The number of methoxy groups -OCH3 is 1. The second-order valence-corrected chi connectivity index (χ2v) is 8.41. The molecule has 10 heteroatoms. The van der Waals surface area contributed by atoms with Gasteiger partial charge >= 0.3 is 0 Å². The van der Waals surface area contributed by atoms with E-state index in [0.29, 0.717) is 29.1 Å². The molecule has 1 aliphatic rings. The number of pyridine rings is 2. The molecule has 1 saturated heterocycles. The molecular formula is C25H25FN6O3. The van der Waals surface area contributed by atoms with E-state index in [1.165, 1.54) is 19.2 Å². The van der Waals surface area contributed by atoms with Crippen molar-refractivity contribution in [2.75, 3.05) is 25.6 Å². The highest BCUT2D eigenvalue weighted by molar-refractivity contribution is 5.95. The van der Waals surface area contributed by atoms with E-state index in [2.05, 4.69) is 25.7 Å². The molecule has 1 aliphatic heterocycles. The summed E-state index contributed by atoms with van der Waals surface area (Å²) < 4.78 is 26.5. The number of hydrogen-bond donors (Lipinski definition) is 2. The molecule has 0 saturated carbocycles. The van der Waals surface area contributed by atoms with Gasteiger partial charge in [0.1, 0.15) is 11.5 Å². The van der Waals surface area contributed by atoms with Crippen LogP contribution in [-0.2, 0) is 11.8 Å². The van der Waals surface area contributed by atoms with Gasteiger partial charge in [-0.05, 0) is 36.2 Å². The van der Waals surface area contributed by atoms with Gasteiger partial charge in [-0.25, -0.2) is 14.4 Å². The fourth-order valence-corrected chi connectivity index (χ4v) is 4.09. The molecule has 0 aliphatic carbocycles. The highest BCUT2D eigenvalue weighted by Gasteiger charge is 2.22. The lowest BCUT2D eigenvalue weighted by Gasteiger charge is -2.19. The van der Waals surface area contributed by atoms with Gasteiger partial charge in [-0.3, -0.25) is 9.48 Å². The van der Waals surface area contributed by atoms with Crippen LogP contribution in [0.5, 0.6) is 5.75 Å². The van der Waals surface area contributed by atoms with E-state index in [-0.39, 0.29) is 17.5 Å². The fraction of sp³-hybridized carbons (Fsp3) is 0.280. The van der Waals surface area contributed by atoms with Crippen LogP contribution in [0.3, 0.4) is 0 Å². The summed E-state index contributed by atoms with van der Waals surface area (Å²) >= 11 is 0. The predicted molar refractivity (Wildman–Crippen MR) is 128 cm³/mol. The van der Waals surface area contributed by atoms with Crippen molar-refractivity contribution >= 4 is 22.6 Å². The number of halogens is 1. The van der Waals surface area contributed by atoms with Crippen molar-refractivity contribution in [3.63, 3.8) is 0 Å². The van der Waals surface area contributed by atoms with Crippen LogP contribution >= 0.6 is 0 Å².